The maximum absolute atomic E-state index is 5.66. The summed E-state index contributed by atoms with van der Waals surface area (Å²) in [6, 6.07) is 1.05. The summed E-state index contributed by atoms with van der Waals surface area (Å²) in [4.78, 5) is 11.5. The smallest absolute Gasteiger partial charge is 0.225 e. The molecule has 0 amide bonds. The van der Waals surface area contributed by atoms with Crippen LogP contribution in [0, 0.1) is 6.92 Å². The predicted molar refractivity (Wildman–Crippen MR) is 78.9 cm³/mol. The number of hydrogen-bond acceptors (Lipinski definition) is 5. The molecule has 2 fully saturated rings. The summed E-state index contributed by atoms with van der Waals surface area (Å²) in [5, 5.41) is 3.51. The molecule has 0 radical (unpaired) electrons. The highest BCUT2D eigenvalue weighted by atomic mass is 16.5. The van der Waals surface area contributed by atoms with Gasteiger partial charge in [-0.1, -0.05) is 0 Å². The van der Waals surface area contributed by atoms with Crippen LogP contribution in [0.3, 0.4) is 0 Å². The van der Waals surface area contributed by atoms with Crippen molar-refractivity contribution >= 4 is 5.95 Å². The van der Waals surface area contributed by atoms with Gasteiger partial charge in [0.2, 0.25) is 5.95 Å². The lowest BCUT2D eigenvalue weighted by atomic mass is 10.2. The predicted octanol–water partition coefficient (Wildman–Crippen LogP) is 1.65. The second-order valence-electron chi connectivity index (χ2n) is 6.08. The molecule has 1 aliphatic carbocycles. The van der Waals surface area contributed by atoms with Crippen molar-refractivity contribution in [2.45, 2.75) is 58.3 Å². The fourth-order valence-corrected chi connectivity index (χ4v) is 2.52. The van der Waals surface area contributed by atoms with Crippen LogP contribution in [-0.2, 0) is 11.3 Å². The van der Waals surface area contributed by atoms with Crippen LogP contribution >= 0.6 is 0 Å². The molecular weight excluding hydrogens is 252 g/mol. The van der Waals surface area contributed by atoms with E-state index in [1.54, 1.807) is 0 Å². The first-order chi connectivity index (χ1) is 9.63. The van der Waals surface area contributed by atoms with Gasteiger partial charge in [-0.3, -0.25) is 0 Å². The molecule has 1 aromatic rings. The molecule has 2 aliphatic rings. The zero-order valence-electron chi connectivity index (χ0n) is 12.6. The van der Waals surface area contributed by atoms with E-state index in [0.29, 0.717) is 12.1 Å². The monoisotopic (exact) mass is 276 g/mol. The average Bonchev–Trinajstić information content (AvgIpc) is 3.24. The number of morpholine rings is 1. The second-order valence-corrected chi connectivity index (χ2v) is 6.08. The number of nitrogens with zero attached hydrogens (tertiary/aromatic N) is 3. The summed E-state index contributed by atoms with van der Waals surface area (Å²) in [6.45, 7) is 8.82. The van der Waals surface area contributed by atoms with Gasteiger partial charge < -0.3 is 15.0 Å². The molecule has 1 aliphatic heterocycles. The molecule has 110 valence electrons. The van der Waals surface area contributed by atoms with Crippen LogP contribution < -0.4 is 10.2 Å². The average molecular weight is 276 g/mol. The van der Waals surface area contributed by atoms with E-state index in [9.17, 15) is 0 Å². The van der Waals surface area contributed by atoms with Gasteiger partial charge in [-0.15, -0.1) is 0 Å². The normalized spacial score (nSPS) is 26.9. The Kier molecular flexibility index (Phi) is 3.89. The van der Waals surface area contributed by atoms with Gasteiger partial charge in [0.15, 0.2) is 0 Å². The Hall–Kier alpha value is -1.20. The summed E-state index contributed by atoms with van der Waals surface area (Å²) in [5.74, 6) is 0.834. The van der Waals surface area contributed by atoms with Crippen molar-refractivity contribution in [1.82, 2.24) is 15.3 Å². The van der Waals surface area contributed by atoms with Crippen molar-refractivity contribution in [3.63, 3.8) is 0 Å². The van der Waals surface area contributed by atoms with Crippen molar-refractivity contribution in [1.29, 1.82) is 0 Å². The van der Waals surface area contributed by atoms with Crippen LogP contribution in [0.1, 0.15) is 37.9 Å². The van der Waals surface area contributed by atoms with E-state index in [-0.39, 0.29) is 6.10 Å². The lowest BCUT2D eigenvalue weighted by molar-refractivity contribution is 0.0337. The Morgan fingerprint density at radius 3 is 2.90 bits per heavy atom. The Bertz CT molecular complexity index is 475. The van der Waals surface area contributed by atoms with Crippen LogP contribution in [0.4, 0.5) is 5.95 Å². The number of ether oxygens (including phenoxy) is 1. The lowest BCUT2D eigenvalue weighted by Gasteiger charge is -2.36. The highest BCUT2D eigenvalue weighted by molar-refractivity contribution is 5.35. The highest BCUT2D eigenvalue weighted by Crippen LogP contribution is 2.21. The summed E-state index contributed by atoms with van der Waals surface area (Å²) in [5.41, 5.74) is 2.28. The minimum atomic E-state index is 0.242. The standard InChI is InChI=1S/C15H24N4O/c1-10-9-20-11(2)8-19(10)15-17-7-13(12(3)18-15)6-16-14-4-5-14/h7,10-11,14,16H,4-6,8-9H2,1-3H3. The van der Waals surface area contributed by atoms with Gasteiger partial charge in [-0.2, -0.15) is 0 Å². The van der Waals surface area contributed by atoms with Crippen LogP contribution in [0.25, 0.3) is 0 Å². The number of hydrogen-bond donors (Lipinski definition) is 1. The third-order valence-electron chi connectivity index (χ3n) is 4.09. The topological polar surface area (TPSA) is 50.3 Å². The van der Waals surface area contributed by atoms with Crippen LogP contribution in [0.5, 0.6) is 0 Å². The number of aryl methyl sites for hydroxylation is 1. The number of rotatable bonds is 4. The summed E-state index contributed by atoms with van der Waals surface area (Å²) in [6.07, 6.45) is 4.83. The maximum atomic E-state index is 5.66. The van der Waals surface area contributed by atoms with E-state index in [1.165, 1.54) is 18.4 Å². The van der Waals surface area contributed by atoms with Crippen molar-refractivity contribution in [3.05, 3.63) is 17.5 Å². The van der Waals surface area contributed by atoms with Crippen molar-refractivity contribution in [3.8, 4) is 0 Å². The number of anilines is 1. The molecule has 2 heterocycles. The van der Waals surface area contributed by atoms with E-state index < -0.39 is 0 Å². The Labute approximate surface area is 120 Å². The van der Waals surface area contributed by atoms with Gasteiger partial charge in [0, 0.05) is 36.6 Å². The molecule has 0 bridgehead atoms. The molecule has 2 atom stereocenters. The van der Waals surface area contributed by atoms with E-state index in [1.807, 2.05) is 6.20 Å². The molecule has 1 saturated carbocycles. The molecule has 3 rings (SSSR count). The molecule has 0 aromatic carbocycles. The third kappa shape index (κ3) is 3.10. The Morgan fingerprint density at radius 2 is 2.20 bits per heavy atom. The molecule has 1 N–H and O–H groups in total. The van der Waals surface area contributed by atoms with Crippen LogP contribution in [0.2, 0.25) is 0 Å². The van der Waals surface area contributed by atoms with E-state index in [4.69, 9.17) is 9.72 Å². The SMILES string of the molecule is Cc1nc(N2CC(C)OCC2C)ncc1CNC1CC1. The fourth-order valence-electron chi connectivity index (χ4n) is 2.52. The molecule has 0 spiro atoms. The first kappa shape index (κ1) is 13.8. The van der Waals surface area contributed by atoms with E-state index >= 15 is 0 Å². The Balaban J connectivity index is 1.71. The summed E-state index contributed by atoms with van der Waals surface area (Å²) in [7, 11) is 0. The second kappa shape index (κ2) is 5.66. The van der Waals surface area contributed by atoms with Gasteiger partial charge >= 0.3 is 0 Å². The van der Waals surface area contributed by atoms with Gasteiger partial charge in [-0.05, 0) is 33.6 Å². The molecule has 20 heavy (non-hydrogen) atoms. The highest BCUT2D eigenvalue weighted by Gasteiger charge is 2.26. The molecule has 5 nitrogen and oxygen atoms in total. The van der Waals surface area contributed by atoms with Crippen LogP contribution in [0.15, 0.2) is 6.20 Å². The van der Waals surface area contributed by atoms with Crippen LogP contribution in [-0.4, -0.2) is 41.3 Å². The first-order valence-electron chi connectivity index (χ1n) is 7.57. The minimum absolute atomic E-state index is 0.242. The Morgan fingerprint density at radius 1 is 1.40 bits per heavy atom. The first-order valence-corrected chi connectivity index (χ1v) is 7.57. The fraction of sp³-hybridized carbons (Fsp3) is 0.733. The summed E-state index contributed by atoms with van der Waals surface area (Å²) >= 11 is 0. The van der Waals surface area contributed by atoms with E-state index in [2.05, 4.69) is 36.0 Å². The maximum Gasteiger partial charge on any atom is 0.225 e. The molecule has 5 heteroatoms. The molecule has 1 saturated heterocycles. The van der Waals surface area contributed by atoms with Gasteiger partial charge in [0.1, 0.15) is 0 Å². The minimum Gasteiger partial charge on any atom is -0.375 e. The third-order valence-corrected chi connectivity index (χ3v) is 4.09. The lowest BCUT2D eigenvalue weighted by Crippen LogP contribution is -2.48. The van der Waals surface area contributed by atoms with Gasteiger partial charge in [0.25, 0.3) is 0 Å². The number of aromatic nitrogens is 2. The quantitative estimate of drug-likeness (QED) is 0.906. The van der Waals surface area contributed by atoms with Crippen molar-refractivity contribution in [2.75, 3.05) is 18.1 Å². The number of nitrogens with one attached hydrogen (secondary N) is 1. The van der Waals surface area contributed by atoms with E-state index in [0.717, 1.165) is 31.3 Å². The molecule has 1 aromatic heterocycles. The van der Waals surface area contributed by atoms with Crippen molar-refractivity contribution < 1.29 is 4.74 Å². The molecule has 2 unspecified atom stereocenters. The largest absolute Gasteiger partial charge is 0.375 e. The van der Waals surface area contributed by atoms with Gasteiger partial charge in [0.05, 0.1) is 18.8 Å². The zero-order valence-corrected chi connectivity index (χ0v) is 12.6. The van der Waals surface area contributed by atoms with Crippen molar-refractivity contribution in [2.24, 2.45) is 0 Å². The van der Waals surface area contributed by atoms with Gasteiger partial charge in [-0.25, -0.2) is 9.97 Å². The molecular formula is C15H24N4O. The zero-order chi connectivity index (χ0) is 14.1. The summed E-state index contributed by atoms with van der Waals surface area (Å²) < 4.78 is 5.66.